The fraction of sp³-hybridized carbons (Fsp3) is 0.348. The molecule has 4 rings (SSSR count). The first kappa shape index (κ1) is 16.9. The number of carbonyl (C=O) groups is 1. The van der Waals surface area contributed by atoms with Crippen LogP contribution in [-0.2, 0) is 22.6 Å². The predicted molar refractivity (Wildman–Crippen MR) is 101 cm³/mol. The quantitative estimate of drug-likeness (QED) is 0.552. The summed E-state index contributed by atoms with van der Waals surface area (Å²) < 4.78 is 11.6. The normalized spacial score (nSPS) is 19.7. The third-order valence-corrected chi connectivity index (χ3v) is 5.15. The molecule has 1 aliphatic carbocycles. The molecule has 2 aromatic carbocycles. The number of rotatable bonds is 6. The summed E-state index contributed by atoms with van der Waals surface area (Å²) in [5.41, 5.74) is 4.81. The highest BCUT2D eigenvalue weighted by Crippen LogP contribution is 2.46. The van der Waals surface area contributed by atoms with Gasteiger partial charge in [-0.05, 0) is 30.9 Å². The molecule has 0 radical (unpaired) electrons. The number of ether oxygens (including phenoxy) is 2. The molecule has 0 saturated carbocycles. The molecule has 2 aliphatic rings. The van der Waals surface area contributed by atoms with E-state index in [0.29, 0.717) is 18.9 Å². The average Bonchev–Trinajstić information content (AvgIpc) is 3.23. The standard InChI is InChI=1S/C23H24O3/c1-16-13-18(23-20(14-16)19-10-6-11-21(19)26-23)9-5-12-22(24)25-15-17-7-3-2-4-8-17/h2-4,6-8,10,13-14,19,21H,5,9,11-12,15H2,1H3/t19-,21-/m1/s1. The SMILES string of the molecule is Cc1cc(CCCC(=O)OCc2ccccc2)c2c(c1)[C@H]1C=CC[C@H]1O2. The molecule has 3 nitrogen and oxygen atoms in total. The highest BCUT2D eigenvalue weighted by atomic mass is 16.5. The number of fused-ring (bicyclic) bond motifs is 3. The zero-order valence-electron chi connectivity index (χ0n) is 15.1. The van der Waals surface area contributed by atoms with Crippen LogP contribution in [0.4, 0.5) is 0 Å². The predicted octanol–water partition coefficient (Wildman–Crippen LogP) is 4.87. The van der Waals surface area contributed by atoms with E-state index in [9.17, 15) is 4.79 Å². The number of hydrogen-bond acceptors (Lipinski definition) is 3. The zero-order chi connectivity index (χ0) is 17.9. The van der Waals surface area contributed by atoms with Crippen molar-refractivity contribution >= 4 is 5.97 Å². The van der Waals surface area contributed by atoms with Crippen LogP contribution in [0.5, 0.6) is 5.75 Å². The Kier molecular flexibility index (Phi) is 4.79. The minimum absolute atomic E-state index is 0.140. The molecule has 2 atom stereocenters. The Balaban J connectivity index is 1.33. The van der Waals surface area contributed by atoms with Crippen molar-refractivity contribution in [3.8, 4) is 5.75 Å². The lowest BCUT2D eigenvalue weighted by Gasteiger charge is -2.11. The monoisotopic (exact) mass is 348 g/mol. The molecule has 2 aromatic rings. The second-order valence-electron chi connectivity index (χ2n) is 7.19. The van der Waals surface area contributed by atoms with Crippen LogP contribution in [0.1, 0.15) is 47.4 Å². The van der Waals surface area contributed by atoms with Gasteiger partial charge in [-0.25, -0.2) is 0 Å². The van der Waals surface area contributed by atoms with E-state index in [2.05, 4.69) is 31.2 Å². The zero-order valence-corrected chi connectivity index (χ0v) is 15.1. The average molecular weight is 348 g/mol. The number of hydrogen-bond donors (Lipinski definition) is 0. The largest absolute Gasteiger partial charge is 0.489 e. The molecule has 1 heterocycles. The molecule has 26 heavy (non-hydrogen) atoms. The number of esters is 1. The minimum atomic E-state index is -0.140. The Bertz CT molecular complexity index is 823. The summed E-state index contributed by atoms with van der Waals surface area (Å²) in [6, 6.07) is 14.2. The molecule has 0 amide bonds. The summed E-state index contributed by atoms with van der Waals surface area (Å²) in [4.78, 5) is 12.0. The third-order valence-electron chi connectivity index (χ3n) is 5.15. The summed E-state index contributed by atoms with van der Waals surface area (Å²) in [7, 11) is 0. The molecule has 0 bridgehead atoms. The Morgan fingerprint density at radius 1 is 1.23 bits per heavy atom. The second kappa shape index (κ2) is 7.36. The maximum absolute atomic E-state index is 12.0. The molecule has 3 heteroatoms. The Morgan fingerprint density at radius 3 is 2.92 bits per heavy atom. The maximum Gasteiger partial charge on any atom is 0.306 e. The van der Waals surface area contributed by atoms with Crippen molar-refractivity contribution in [3.05, 3.63) is 76.9 Å². The van der Waals surface area contributed by atoms with Gasteiger partial charge in [0, 0.05) is 24.3 Å². The molecule has 0 unspecified atom stereocenters. The van der Waals surface area contributed by atoms with Gasteiger partial charge >= 0.3 is 5.97 Å². The van der Waals surface area contributed by atoms with E-state index >= 15 is 0 Å². The van der Waals surface area contributed by atoms with Gasteiger partial charge in [-0.3, -0.25) is 4.79 Å². The van der Waals surface area contributed by atoms with Crippen LogP contribution in [0.25, 0.3) is 0 Å². The fourth-order valence-electron chi connectivity index (χ4n) is 3.90. The van der Waals surface area contributed by atoms with Gasteiger partial charge in [0.15, 0.2) is 0 Å². The van der Waals surface area contributed by atoms with Crippen molar-refractivity contribution in [2.75, 3.05) is 0 Å². The Morgan fingerprint density at radius 2 is 2.08 bits per heavy atom. The van der Waals surface area contributed by atoms with Crippen molar-refractivity contribution < 1.29 is 14.3 Å². The van der Waals surface area contributed by atoms with Crippen molar-refractivity contribution in [1.29, 1.82) is 0 Å². The summed E-state index contributed by atoms with van der Waals surface area (Å²) in [5.74, 6) is 1.31. The summed E-state index contributed by atoms with van der Waals surface area (Å²) in [5, 5.41) is 0. The molecule has 0 N–H and O–H groups in total. The summed E-state index contributed by atoms with van der Waals surface area (Å²) in [6.07, 6.45) is 7.78. The first-order chi connectivity index (χ1) is 12.7. The number of aryl methyl sites for hydroxylation is 2. The van der Waals surface area contributed by atoms with Crippen LogP contribution >= 0.6 is 0 Å². The maximum atomic E-state index is 12.0. The van der Waals surface area contributed by atoms with Gasteiger partial charge in [0.1, 0.15) is 18.5 Å². The molecular formula is C23H24O3. The van der Waals surface area contributed by atoms with Crippen LogP contribution < -0.4 is 4.74 Å². The van der Waals surface area contributed by atoms with E-state index in [4.69, 9.17) is 9.47 Å². The number of carbonyl (C=O) groups excluding carboxylic acids is 1. The molecule has 0 spiro atoms. The van der Waals surface area contributed by atoms with Crippen LogP contribution in [0.15, 0.2) is 54.6 Å². The van der Waals surface area contributed by atoms with Crippen molar-refractivity contribution in [2.24, 2.45) is 0 Å². The van der Waals surface area contributed by atoms with Gasteiger partial charge in [0.05, 0.1) is 0 Å². The first-order valence-electron chi connectivity index (χ1n) is 9.37. The molecule has 134 valence electrons. The third kappa shape index (κ3) is 3.52. The van der Waals surface area contributed by atoms with Crippen molar-refractivity contribution in [2.45, 2.75) is 51.2 Å². The van der Waals surface area contributed by atoms with Crippen LogP contribution in [0.3, 0.4) is 0 Å². The van der Waals surface area contributed by atoms with E-state index in [0.717, 1.165) is 30.6 Å². The van der Waals surface area contributed by atoms with Crippen molar-refractivity contribution in [1.82, 2.24) is 0 Å². The van der Waals surface area contributed by atoms with E-state index in [-0.39, 0.29) is 12.1 Å². The molecule has 0 aromatic heterocycles. The summed E-state index contributed by atoms with van der Waals surface area (Å²) >= 11 is 0. The topological polar surface area (TPSA) is 35.5 Å². The van der Waals surface area contributed by atoms with E-state index < -0.39 is 0 Å². The molecule has 0 fully saturated rings. The van der Waals surface area contributed by atoms with Gasteiger partial charge in [0.25, 0.3) is 0 Å². The van der Waals surface area contributed by atoms with Gasteiger partial charge in [-0.2, -0.15) is 0 Å². The van der Waals surface area contributed by atoms with Gasteiger partial charge < -0.3 is 9.47 Å². The molecule has 0 saturated heterocycles. The second-order valence-corrected chi connectivity index (χ2v) is 7.19. The lowest BCUT2D eigenvalue weighted by atomic mass is 9.93. The Labute approximate surface area is 154 Å². The highest BCUT2D eigenvalue weighted by Gasteiger charge is 2.36. The van der Waals surface area contributed by atoms with Crippen LogP contribution in [-0.4, -0.2) is 12.1 Å². The van der Waals surface area contributed by atoms with E-state index in [1.807, 2.05) is 30.3 Å². The lowest BCUT2D eigenvalue weighted by molar-refractivity contribution is -0.145. The summed E-state index contributed by atoms with van der Waals surface area (Å²) in [6.45, 7) is 2.47. The van der Waals surface area contributed by atoms with Crippen LogP contribution in [0.2, 0.25) is 0 Å². The van der Waals surface area contributed by atoms with Gasteiger partial charge in [-0.1, -0.05) is 60.2 Å². The number of benzene rings is 2. The van der Waals surface area contributed by atoms with Gasteiger partial charge in [-0.15, -0.1) is 0 Å². The molecular weight excluding hydrogens is 324 g/mol. The van der Waals surface area contributed by atoms with E-state index in [1.54, 1.807) is 0 Å². The minimum Gasteiger partial charge on any atom is -0.489 e. The van der Waals surface area contributed by atoms with Gasteiger partial charge in [0.2, 0.25) is 0 Å². The van der Waals surface area contributed by atoms with Crippen molar-refractivity contribution in [3.63, 3.8) is 0 Å². The smallest absolute Gasteiger partial charge is 0.306 e. The first-order valence-corrected chi connectivity index (χ1v) is 9.37. The molecule has 1 aliphatic heterocycles. The van der Waals surface area contributed by atoms with Crippen LogP contribution in [0, 0.1) is 6.92 Å². The Hall–Kier alpha value is -2.55. The van der Waals surface area contributed by atoms with E-state index in [1.165, 1.54) is 16.7 Å². The lowest BCUT2D eigenvalue weighted by Crippen LogP contribution is -2.12. The highest BCUT2D eigenvalue weighted by molar-refractivity contribution is 5.69. The fourth-order valence-corrected chi connectivity index (χ4v) is 3.90.